The number of aldehydes is 1. The molecule has 4 nitrogen and oxygen atoms in total. The Morgan fingerprint density at radius 2 is 2.15 bits per heavy atom. The van der Waals surface area contributed by atoms with E-state index in [4.69, 9.17) is 5.26 Å². The summed E-state index contributed by atoms with van der Waals surface area (Å²) in [6.45, 7) is 0.534. The van der Waals surface area contributed by atoms with Gasteiger partial charge >= 0.3 is 0 Å². The van der Waals surface area contributed by atoms with Crippen LogP contribution in [0.3, 0.4) is 0 Å². The molecule has 102 valence electrons. The highest BCUT2D eigenvalue weighted by Crippen LogP contribution is 2.30. The predicted octanol–water partition coefficient (Wildman–Crippen LogP) is 1.92. The van der Waals surface area contributed by atoms with Crippen molar-refractivity contribution in [3.63, 3.8) is 0 Å². The number of nitrogens with zero attached hydrogens (tertiary/aromatic N) is 2. The van der Waals surface area contributed by atoms with E-state index in [-0.39, 0.29) is 17.9 Å². The van der Waals surface area contributed by atoms with Gasteiger partial charge in [-0.25, -0.2) is 0 Å². The molecule has 2 aliphatic rings. The number of aryl methyl sites for hydroxylation is 1. The summed E-state index contributed by atoms with van der Waals surface area (Å²) < 4.78 is 0. The Morgan fingerprint density at radius 1 is 1.30 bits per heavy atom. The zero-order valence-electron chi connectivity index (χ0n) is 11.2. The van der Waals surface area contributed by atoms with Crippen molar-refractivity contribution >= 4 is 12.2 Å². The number of benzene rings is 1. The summed E-state index contributed by atoms with van der Waals surface area (Å²) in [5.41, 5.74) is 2.26. The first-order chi connectivity index (χ1) is 9.72. The molecule has 1 saturated heterocycles. The van der Waals surface area contributed by atoms with Crippen LogP contribution in [-0.2, 0) is 11.2 Å². The highest BCUT2D eigenvalue weighted by atomic mass is 16.2. The van der Waals surface area contributed by atoms with E-state index < -0.39 is 0 Å². The molecule has 0 spiro atoms. The fraction of sp³-hybridized carbons (Fsp3) is 0.438. The Morgan fingerprint density at radius 3 is 2.90 bits per heavy atom. The van der Waals surface area contributed by atoms with E-state index >= 15 is 0 Å². The Labute approximate surface area is 118 Å². The molecule has 1 aromatic rings. The lowest BCUT2D eigenvalue weighted by Crippen LogP contribution is -2.46. The van der Waals surface area contributed by atoms with Crippen molar-refractivity contribution in [1.29, 1.82) is 5.26 Å². The topological polar surface area (TPSA) is 61.2 Å². The molecule has 1 fully saturated rings. The van der Waals surface area contributed by atoms with Gasteiger partial charge in [0.15, 0.2) is 0 Å². The molecule has 0 saturated carbocycles. The first-order valence-corrected chi connectivity index (χ1v) is 7.02. The molecule has 4 heteroatoms. The molecule has 0 bridgehead atoms. The molecule has 2 aliphatic heterocycles. The van der Waals surface area contributed by atoms with Gasteiger partial charge in [0, 0.05) is 24.1 Å². The normalized spacial score (nSPS) is 25.1. The molecule has 2 atom stereocenters. The van der Waals surface area contributed by atoms with Gasteiger partial charge in [0.1, 0.15) is 6.29 Å². The number of amides is 1. The maximum Gasteiger partial charge on any atom is 0.254 e. The van der Waals surface area contributed by atoms with Crippen LogP contribution in [-0.4, -0.2) is 29.7 Å². The number of fused-ring (bicyclic) bond motifs is 2. The molecule has 0 radical (unpaired) electrons. The summed E-state index contributed by atoms with van der Waals surface area (Å²) >= 11 is 0. The van der Waals surface area contributed by atoms with Crippen molar-refractivity contribution in [2.45, 2.75) is 31.7 Å². The van der Waals surface area contributed by atoms with Gasteiger partial charge in [0.05, 0.1) is 11.6 Å². The van der Waals surface area contributed by atoms with E-state index in [1.54, 1.807) is 12.1 Å². The summed E-state index contributed by atoms with van der Waals surface area (Å²) in [5.74, 6) is -0.0197. The summed E-state index contributed by atoms with van der Waals surface area (Å²) in [6, 6.07) is 7.62. The zero-order chi connectivity index (χ0) is 14.1. The third-order valence-electron chi connectivity index (χ3n) is 4.41. The van der Waals surface area contributed by atoms with Crippen LogP contribution in [0, 0.1) is 17.2 Å². The van der Waals surface area contributed by atoms with Crippen LogP contribution >= 0.6 is 0 Å². The summed E-state index contributed by atoms with van der Waals surface area (Å²) in [4.78, 5) is 25.5. The Balaban J connectivity index is 1.96. The summed E-state index contributed by atoms with van der Waals surface area (Å²) in [5, 5.41) is 8.96. The van der Waals surface area contributed by atoms with Crippen molar-refractivity contribution < 1.29 is 9.59 Å². The second kappa shape index (κ2) is 5.09. The number of piperidine rings is 1. The maximum absolute atomic E-state index is 12.7. The van der Waals surface area contributed by atoms with Gasteiger partial charge in [0.25, 0.3) is 5.91 Å². The van der Waals surface area contributed by atoms with Gasteiger partial charge in [-0.3, -0.25) is 4.79 Å². The number of carbonyl (C=O) groups excluding carboxylic acids is 2. The van der Waals surface area contributed by atoms with E-state index in [1.165, 1.54) is 0 Å². The second-order valence-electron chi connectivity index (χ2n) is 5.61. The molecular weight excluding hydrogens is 252 g/mol. The average Bonchev–Trinajstić information content (AvgIpc) is 2.64. The van der Waals surface area contributed by atoms with Crippen LogP contribution in [0.25, 0.3) is 0 Å². The SMILES string of the molecule is N#Cc1ccc2c(c1)CC[C@@H]1CC[C@H](C=O)CN1C2=O. The predicted molar refractivity (Wildman–Crippen MR) is 73.1 cm³/mol. The lowest BCUT2D eigenvalue weighted by atomic mass is 9.91. The third-order valence-corrected chi connectivity index (χ3v) is 4.41. The first kappa shape index (κ1) is 12.9. The lowest BCUT2D eigenvalue weighted by molar-refractivity contribution is -0.112. The third kappa shape index (κ3) is 2.09. The maximum atomic E-state index is 12.7. The van der Waals surface area contributed by atoms with Gasteiger partial charge in [-0.2, -0.15) is 5.26 Å². The molecule has 3 rings (SSSR count). The van der Waals surface area contributed by atoms with Gasteiger partial charge in [0.2, 0.25) is 0 Å². The van der Waals surface area contributed by atoms with Crippen molar-refractivity contribution in [3.05, 3.63) is 34.9 Å². The smallest absolute Gasteiger partial charge is 0.254 e. The van der Waals surface area contributed by atoms with Crippen LogP contribution in [0.15, 0.2) is 18.2 Å². The molecule has 0 aromatic heterocycles. The minimum Gasteiger partial charge on any atom is -0.335 e. The molecular formula is C16H16N2O2. The molecule has 2 heterocycles. The number of nitriles is 1. The monoisotopic (exact) mass is 268 g/mol. The Bertz CT molecular complexity index is 603. The standard InChI is InChI=1S/C16H16N2O2/c17-8-11-2-6-15-13(7-11)3-5-14-4-1-12(10-19)9-18(14)16(15)20/h2,6-7,10,12,14H,1,3-5,9H2/t12-,14-/m0/s1. The van der Waals surface area contributed by atoms with E-state index in [2.05, 4.69) is 6.07 Å². The van der Waals surface area contributed by atoms with Gasteiger partial charge in [-0.1, -0.05) is 0 Å². The van der Waals surface area contributed by atoms with Gasteiger partial charge in [-0.05, 0) is 49.4 Å². The highest BCUT2D eigenvalue weighted by Gasteiger charge is 2.34. The average molecular weight is 268 g/mol. The minimum atomic E-state index is -0.0323. The number of hydrogen-bond donors (Lipinski definition) is 0. The van der Waals surface area contributed by atoms with Crippen molar-refractivity contribution in [2.24, 2.45) is 5.92 Å². The van der Waals surface area contributed by atoms with Gasteiger partial charge < -0.3 is 9.69 Å². The fourth-order valence-corrected chi connectivity index (χ4v) is 3.27. The van der Waals surface area contributed by atoms with Crippen molar-refractivity contribution in [3.8, 4) is 6.07 Å². The highest BCUT2D eigenvalue weighted by molar-refractivity contribution is 5.96. The zero-order valence-corrected chi connectivity index (χ0v) is 11.2. The molecule has 0 unspecified atom stereocenters. The van der Waals surface area contributed by atoms with Gasteiger partial charge in [-0.15, -0.1) is 0 Å². The van der Waals surface area contributed by atoms with E-state index in [0.29, 0.717) is 17.7 Å². The van der Waals surface area contributed by atoms with Crippen molar-refractivity contribution in [2.75, 3.05) is 6.54 Å². The number of hydrogen-bond acceptors (Lipinski definition) is 3. The number of rotatable bonds is 1. The van der Waals surface area contributed by atoms with E-state index in [0.717, 1.165) is 37.5 Å². The Hall–Kier alpha value is -2.15. The molecule has 1 amide bonds. The minimum absolute atomic E-state index is 0.0125. The molecule has 0 aliphatic carbocycles. The molecule has 20 heavy (non-hydrogen) atoms. The quantitative estimate of drug-likeness (QED) is 0.731. The largest absolute Gasteiger partial charge is 0.335 e. The van der Waals surface area contributed by atoms with E-state index in [9.17, 15) is 9.59 Å². The van der Waals surface area contributed by atoms with Crippen LogP contribution in [0.2, 0.25) is 0 Å². The van der Waals surface area contributed by atoms with E-state index in [1.807, 2.05) is 11.0 Å². The van der Waals surface area contributed by atoms with Crippen LogP contribution in [0.1, 0.15) is 40.7 Å². The van der Waals surface area contributed by atoms with Crippen molar-refractivity contribution in [1.82, 2.24) is 4.90 Å². The first-order valence-electron chi connectivity index (χ1n) is 7.02. The number of carbonyl (C=O) groups is 2. The fourth-order valence-electron chi connectivity index (χ4n) is 3.27. The summed E-state index contributed by atoms with van der Waals surface area (Å²) in [7, 11) is 0. The summed E-state index contributed by atoms with van der Waals surface area (Å²) in [6.07, 6.45) is 4.47. The Kier molecular flexibility index (Phi) is 3.27. The van der Waals surface area contributed by atoms with Crippen LogP contribution in [0.5, 0.6) is 0 Å². The molecule has 1 aromatic carbocycles. The second-order valence-corrected chi connectivity index (χ2v) is 5.61. The van der Waals surface area contributed by atoms with Crippen LogP contribution in [0.4, 0.5) is 0 Å². The van der Waals surface area contributed by atoms with Crippen LogP contribution < -0.4 is 0 Å². The lowest BCUT2D eigenvalue weighted by Gasteiger charge is -2.37. The molecule has 0 N–H and O–H groups in total.